The number of nitrogens with zero attached hydrogens (tertiary/aromatic N) is 1. The lowest BCUT2D eigenvalue weighted by Crippen LogP contribution is -2.52. The van der Waals surface area contributed by atoms with E-state index in [1.54, 1.807) is 12.3 Å². The highest BCUT2D eigenvalue weighted by Gasteiger charge is 2.49. The van der Waals surface area contributed by atoms with Crippen LogP contribution in [0, 0.1) is 35.0 Å². The standard InChI is InChI=1S/C27H44N4O2/c1-27(2,3)24(25(29)32)23(26(33)31-17-18-14-15-21(28)30-16-18)22(19-10-6-4-7-11-19)20-12-8-5-9-13-20/h14-16,19-20,22-24H,4-13,17H2,1-3H3,(H2,28,30)(H2,29,32)(H,31,33)/t23-,24?/m1/s1. The molecule has 1 unspecified atom stereocenters. The lowest BCUT2D eigenvalue weighted by Gasteiger charge is -2.46. The van der Waals surface area contributed by atoms with E-state index < -0.39 is 17.3 Å². The Labute approximate surface area is 199 Å². The maximum atomic E-state index is 13.9. The Hall–Kier alpha value is -2.11. The first-order valence-corrected chi connectivity index (χ1v) is 13.0. The molecule has 2 aliphatic carbocycles. The van der Waals surface area contributed by atoms with Crippen LogP contribution in [-0.2, 0) is 16.1 Å². The second kappa shape index (κ2) is 11.3. The third-order valence-electron chi connectivity index (χ3n) is 8.02. The topological polar surface area (TPSA) is 111 Å². The first kappa shape index (κ1) is 25.5. The second-order valence-corrected chi connectivity index (χ2v) is 11.5. The zero-order valence-electron chi connectivity index (χ0n) is 20.8. The van der Waals surface area contributed by atoms with Crippen LogP contribution in [0.3, 0.4) is 0 Å². The lowest BCUT2D eigenvalue weighted by atomic mass is 9.58. The van der Waals surface area contributed by atoms with Crippen LogP contribution in [-0.4, -0.2) is 16.8 Å². The van der Waals surface area contributed by atoms with Gasteiger partial charge in [0.05, 0.1) is 11.8 Å². The molecule has 2 saturated carbocycles. The summed E-state index contributed by atoms with van der Waals surface area (Å²) in [6.07, 6.45) is 13.7. The summed E-state index contributed by atoms with van der Waals surface area (Å²) in [4.78, 5) is 31.0. The van der Waals surface area contributed by atoms with Crippen LogP contribution in [0.15, 0.2) is 18.3 Å². The van der Waals surface area contributed by atoms with Gasteiger partial charge in [-0.1, -0.05) is 91.0 Å². The Kier molecular flexibility index (Phi) is 8.77. The molecule has 0 bridgehead atoms. The number of hydrogen-bond acceptors (Lipinski definition) is 4. The molecular weight excluding hydrogens is 412 g/mol. The van der Waals surface area contributed by atoms with E-state index in [4.69, 9.17) is 11.5 Å². The van der Waals surface area contributed by atoms with Crippen LogP contribution in [0.2, 0.25) is 0 Å². The Morgan fingerprint density at radius 1 is 1.00 bits per heavy atom. The van der Waals surface area contributed by atoms with E-state index in [1.165, 1.54) is 38.5 Å². The molecular formula is C27H44N4O2. The smallest absolute Gasteiger partial charge is 0.224 e. The molecule has 2 aliphatic rings. The predicted molar refractivity (Wildman–Crippen MR) is 133 cm³/mol. The second-order valence-electron chi connectivity index (χ2n) is 11.5. The van der Waals surface area contributed by atoms with Gasteiger partial charge in [0.15, 0.2) is 0 Å². The molecule has 2 fully saturated rings. The monoisotopic (exact) mass is 456 g/mol. The van der Waals surface area contributed by atoms with E-state index in [9.17, 15) is 9.59 Å². The molecule has 0 spiro atoms. The van der Waals surface area contributed by atoms with Crippen molar-refractivity contribution in [1.82, 2.24) is 10.3 Å². The van der Waals surface area contributed by atoms with Crippen LogP contribution >= 0.6 is 0 Å². The number of aromatic nitrogens is 1. The lowest BCUT2D eigenvalue weighted by molar-refractivity contribution is -0.143. The Morgan fingerprint density at radius 3 is 1.97 bits per heavy atom. The van der Waals surface area contributed by atoms with Crippen molar-refractivity contribution in [2.45, 2.75) is 91.5 Å². The molecule has 1 aromatic rings. The first-order chi connectivity index (χ1) is 15.7. The summed E-state index contributed by atoms with van der Waals surface area (Å²) in [5.74, 6) is 0.331. The van der Waals surface area contributed by atoms with Crippen molar-refractivity contribution in [3.63, 3.8) is 0 Å². The molecule has 0 saturated heterocycles. The van der Waals surface area contributed by atoms with Crippen molar-refractivity contribution < 1.29 is 9.59 Å². The van der Waals surface area contributed by atoms with E-state index in [-0.39, 0.29) is 17.7 Å². The minimum Gasteiger partial charge on any atom is -0.384 e. The van der Waals surface area contributed by atoms with Crippen LogP contribution in [0.5, 0.6) is 0 Å². The molecule has 0 radical (unpaired) electrons. The van der Waals surface area contributed by atoms with Gasteiger partial charge in [-0.3, -0.25) is 9.59 Å². The number of nitrogens with one attached hydrogen (secondary N) is 1. The van der Waals surface area contributed by atoms with Crippen LogP contribution in [0.25, 0.3) is 0 Å². The normalized spacial score (nSPS) is 20.4. The summed E-state index contributed by atoms with van der Waals surface area (Å²) in [7, 11) is 0. The highest BCUT2D eigenvalue weighted by Crippen LogP contribution is 2.48. The number of primary amides is 1. The van der Waals surface area contributed by atoms with Crippen molar-refractivity contribution in [3.05, 3.63) is 23.9 Å². The number of nitrogen functional groups attached to an aromatic ring is 1. The molecule has 5 N–H and O–H groups in total. The molecule has 33 heavy (non-hydrogen) atoms. The van der Waals surface area contributed by atoms with E-state index in [0.29, 0.717) is 24.2 Å². The number of carbonyl (C=O) groups is 2. The maximum absolute atomic E-state index is 13.9. The van der Waals surface area contributed by atoms with Crippen LogP contribution in [0.1, 0.15) is 90.5 Å². The first-order valence-electron chi connectivity index (χ1n) is 13.0. The van der Waals surface area contributed by atoms with Crippen molar-refractivity contribution in [2.24, 2.45) is 40.7 Å². The van der Waals surface area contributed by atoms with Crippen molar-refractivity contribution in [3.8, 4) is 0 Å². The molecule has 3 rings (SSSR count). The highest BCUT2D eigenvalue weighted by molar-refractivity contribution is 5.87. The number of carbonyl (C=O) groups excluding carboxylic acids is 2. The Bertz CT molecular complexity index is 756. The third-order valence-corrected chi connectivity index (χ3v) is 8.02. The van der Waals surface area contributed by atoms with Gasteiger partial charge in [0.2, 0.25) is 11.8 Å². The summed E-state index contributed by atoms with van der Waals surface area (Å²) in [6.45, 7) is 6.52. The number of anilines is 1. The Balaban J connectivity index is 1.95. The van der Waals surface area contributed by atoms with Gasteiger partial charge >= 0.3 is 0 Å². The summed E-state index contributed by atoms with van der Waals surface area (Å²) >= 11 is 0. The van der Waals surface area contributed by atoms with Gasteiger partial charge < -0.3 is 16.8 Å². The summed E-state index contributed by atoms with van der Waals surface area (Å²) in [5.41, 5.74) is 12.3. The average Bonchev–Trinajstić information content (AvgIpc) is 2.78. The fourth-order valence-corrected chi connectivity index (χ4v) is 6.55. The van der Waals surface area contributed by atoms with Gasteiger partial charge in [-0.05, 0) is 34.8 Å². The summed E-state index contributed by atoms with van der Waals surface area (Å²) in [5, 5.41) is 3.16. The molecule has 1 aromatic heterocycles. The average molecular weight is 457 g/mol. The zero-order chi connectivity index (χ0) is 24.0. The maximum Gasteiger partial charge on any atom is 0.224 e. The third kappa shape index (κ3) is 6.70. The highest BCUT2D eigenvalue weighted by atomic mass is 16.2. The fraction of sp³-hybridized carbons (Fsp3) is 0.741. The SMILES string of the molecule is CC(C)(C)C(C(N)=O)[C@H](C(=O)NCc1ccc(N)nc1)C(C1CCCCC1)C1CCCCC1. The van der Waals surface area contributed by atoms with Gasteiger partial charge in [0, 0.05) is 12.7 Å². The van der Waals surface area contributed by atoms with Crippen LogP contribution < -0.4 is 16.8 Å². The molecule has 6 heteroatoms. The largest absolute Gasteiger partial charge is 0.384 e. The van der Waals surface area contributed by atoms with Gasteiger partial charge in [0.1, 0.15) is 5.82 Å². The quantitative estimate of drug-likeness (QED) is 0.520. The van der Waals surface area contributed by atoms with Gasteiger partial charge in [-0.25, -0.2) is 4.98 Å². The molecule has 2 amide bonds. The van der Waals surface area contributed by atoms with E-state index in [0.717, 1.165) is 31.2 Å². The van der Waals surface area contributed by atoms with E-state index >= 15 is 0 Å². The van der Waals surface area contributed by atoms with E-state index in [1.807, 2.05) is 26.8 Å². The Morgan fingerprint density at radius 2 is 1.55 bits per heavy atom. The number of hydrogen-bond donors (Lipinski definition) is 3. The number of amides is 2. The van der Waals surface area contributed by atoms with Crippen molar-refractivity contribution in [1.29, 1.82) is 0 Å². The molecule has 6 nitrogen and oxygen atoms in total. The number of rotatable bonds is 8. The van der Waals surface area contributed by atoms with Crippen molar-refractivity contribution >= 4 is 17.6 Å². The zero-order valence-corrected chi connectivity index (χ0v) is 20.8. The fourth-order valence-electron chi connectivity index (χ4n) is 6.55. The molecule has 0 aliphatic heterocycles. The molecule has 0 aromatic carbocycles. The number of nitrogens with two attached hydrogens (primary N) is 2. The van der Waals surface area contributed by atoms with Gasteiger partial charge in [-0.15, -0.1) is 0 Å². The minimum atomic E-state index is -0.504. The molecule has 184 valence electrons. The van der Waals surface area contributed by atoms with Crippen molar-refractivity contribution in [2.75, 3.05) is 5.73 Å². The number of pyridine rings is 1. The minimum absolute atomic E-state index is 0.0355. The van der Waals surface area contributed by atoms with Crippen LogP contribution in [0.4, 0.5) is 5.82 Å². The van der Waals surface area contributed by atoms with Gasteiger partial charge in [-0.2, -0.15) is 0 Å². The molecule has 1 heterocycles. The summed E-state index contributed by atoms with van der Waals surface area (Å²) in [6, 6.07) is 3.62. The summed E-state index contributed by atoms with van der Waals surface area (Å²) < 4.78 is 0. The van der Waals surface area contributed by atoms with E-state index in [2.05, 4.69) is 10.3 Å². The molecule has 2 atom stereocenters. The van der Waals surface area contributed by atoms with Gasteiger partial charge in [0.25, 0.3) is 0 Å². The predicted octanol–water partition coefficient (Wildman–Crippen LogP) is 4.82.